The highest BCUT2D eigenvalue weighted by Crippen LogP contribution is 2.34. The first-order valence-electron chi connectivity index (χ1n) is 6.17. The van der Waals surface area contributed by atoms with Gasteiger partial charge in [0.1, 0.15) is 0 Å². The van der Waals surface area contributed by atoms with Crippen molar-refractivity contribution in [3.8, 4) is 0 Å². The molecule has 0 heterocycles. The molecule has 1 rings (SSSR count). The van der Waals surface area contributed by atoms with Crippen molar-refractivity contribution in [2.24, 2.45) is 5.73 Å². The van der Waals surface area contributed by atoms with Gasteiger partial charge in [0.15, 0.2) is 0 Å². The van der Waals surface area contributed by atoms with Crippen LogP contribution in [-0.2, 0) is 4.74 Å². The molecule has 0 aliphatic heterocycles. The second-order valence-electron chi connectivity index (χ2n) is 4.66. The number of hydrogen-bond acceptors (Lipinski definition) is 2. The van der Waals surface area contributed by atoms with Crippen molar-refractivity contribution < 1.29 is 4.74 Å². The normalized spacial score (nSPS) is 22.3. The smallest absolute Gasteiger partial charge is 0.0828 e. The van der Waals surface area contributed by atoms with E-state index in [1.54, 1.807) is 0 Å². The maximum atomic E-state index is 6.28. The zero-order valence-corrected chi connectivity index (χ0v) is 10.0. The number of allylic oxidation sites excluding steroid dienone is 1. The van der Waals surface area contributed by atoms with E-state index >= 15 is 0 Å². The van der Waals surface area contributed by atoms with E-state index in [-0.39, 0.29) is 11.6 Å². The van der Waals surface area contributed by atoms with Crippen molar-refractivity contribution in [2.45, 2.75) is 63.0 Å². The molecular weight excluding hydrogens is 186 g/mol. The predicted molar refractivity (Wildman–Crippen MR) is 64.8 cm³/mol. The van der Waals surface area contributed by atoms with Gasteiger partial charge in [-0.25, -0.2) is 0 Å². The Morgan fingerprint density at radius 1 is 1.40 bits per heavy atom. The third-order valence-corrected chi connectivity index (χ3v) is 3.71. The summed E-state index contributed by atoms with van der Waals surface area (Å²) in [6, 6.07) is 0.197. The Morgan fingerprint density at radius 2 is 2.07 bits per heavy atom. The van der Waals surface area contributed by atoms with E-state index in [0.717, 1.165) is 32.1 Å². The van der Waals surface area contributed by atoms with Gasteiger partial charge in [0.25, 0.3) is 0 Å². The molecule has 0 aromatic rings. The van der Waals surface area contributed by atoms with E-state index in [1.165, 1.54) is 19.3 Å². The molecule has 2 nitrogen and oxygen atoms in total. The summed E-state index contributed by atoms with van der Waals surface area (Å²) in [5.74, 6) is 0. The van der Waals surface area contributed by atoms with Crippen molar-refractivity contribution in [3.05, 3.63) is 12.7 Å². The molecule has 1 atom stereocenters. The van der Waals surface area contributed by atoms with Gasteiger partial charge in [0.05, 0.1) is 5.60 Å². The van der Waals surface area contributed by atoms with Crippen LogP contribution >= 0.6 is 0 Å². The van der Waals surface area contributed by atoms with Crippen molar-refractivity contribution in [1.29, 1.82) is 0 Å². The van der Waals surface area contributed by atoms with Crippen LogP contribution in [0.1, 0.15) is 51.4 Å². The summed E-state index contributed by atoms with van der Waals surface area (Å²) in [4.78, 5) is 0. The van der Waals surface area contributed by atoms with E-state index in [0.29, 0.717) is 0 Å². The number of methoxy groups -OCH3 is 1. The van der Waals surface area contributed by atoms with Crippen molar-refractivity contribution >= 4 is 0 Å². The average molecular weight is 211 g/mol. The van der Waals surface area contributed by atoms with E-state index in [1.807, 2.05) is 13.2 Å². The Hall–Kier alpha value is -0.340. The van der Waals surface area contributed by atoms with Crippen molar-refractivity contribution in [1.82, 2.24) is 0 Å². The lowest BCUT2D eigenvalue weighted by Gasteiger charge is -2.40. The highest BCUT2D eigenvalue weighted by atomic mass is 16.5. The molecule has 0 amide bonds. The summed E-state index contributed by atoms with van der Waals surface area (Å²) < 4.78 is 5.72. The van der Waals surface area contributed by atoms with E-state index in [9.17, 15) is 0 Å². The molecule has 1 fully saturated rings. The van der Waals surface area contributed by atoms with Gasteiger partial charge < -0.3 is 10.5 Å². The van der Waals surface area contributed by atoms with Crippen molar-refractivity contribution in [2.75, 3.05) is 7.11 Å². The summed E-state index contributed by atoms with van der Waals surface area (Å²) in [6.45, 7) is 3.74. The molecule has 2 N–H and O–H groups in total. The molecule has 88 valence electrons. The minimum Gasteiger partial charge on any atom is -0.377 e. The zero-order valence-electron chi connectivity index (χ0n) is 10.0. The van der Waals surface area contributed by atoms with Crippen LogP contribution in [0.15, 0.2) is 12.7 Å². The molecule has 0 saturated heterocycles. The standard InChI is InChI=1S/C13H25NO/c1-3-4-6-9-12(14)13(15-2)10-7-5-8-11-13/h3,12H,1,4-11,14H2,2H3. The number of nitrogens with two attached hydrogens (primary N) is 1. The SMILES string of the molecule is C=CCCCC(N)C1(OC)CCCCC1. The molecule has 1 unspecified atom stereocenters. The van der Waals surface area contributed by atoms with E-state index < -0.39 is 0 Å². The summed E-state index contributed by atoms with van der Waals surface area (Å²) in [5, 5.41) is 0. The number of hydrogen-bond donors (Lipinski definition) is 1. The summed E-state index contributed by atoms with van der Waals surface area (Å²) in [7, 11) is 1.82. The van der Waals surface area contributed by atoms with Crippen LogP contribution < -0.4 is 5.73 Å². The maximum Gasteiger partial charge on any atom is 0.0828 e. The van der Waals surface area contributed by atoms with Crippen LogP contribution in [0, 0.1) is 0 Å². The monoisotopic (exact) mass is 211 g/mol. The lowest BCUT2D eigenvalue weighted by Crippen LogP contribution is -2.50. The molecule has 15 heavy (non-hydrogen) atoms. The predicted octanol–water partition coefficient (Wildman–Crippen LogP) is 3.02. The fourth-order valence-corrected chi connectivity index (χ4v) is 2.62. The molecule has 2 heteroatoms. The Kier molecular flexibility index (Phi) is 5.34. The third-order valence-electron chi connectivity index (χ3n) is 3.71. The maximum absolute atomic E-state index is 6.28. The molecule has 0 aromatic carbocycles. The first-order chi connectivity index (χ1) is 7.25. The summed E-state index contributed by atoms with van der Waals surface area (Å²) >= 11 is 0. The Balaban J connectivity index is 2.44. The van der Waals surface area contributed by atoms with Crippen LogP contribution in [0.3, 0.4) is 0 Å². The van der Waals surface area contributed by atoms with Gasteiger partial charge in [-0.15, -0.1) is 6.58 Å². The van der Waals surface area contributed by atoms with Crippen LogP contribution in [0.4, 0.5) is 0 Å². The van der Waals surface area contributed by atoms with Crippen LogP contribution in [0.2, 0.25) is 0 Å². The van der Waals surface area contributed by atoms with Gasteiger partial charge in [-0.3, -0.25) is 0 Å². The van der Waals surface area contributed by atoms with Gasteiger partial charge in [0.2, 0.25) is 0 Å². The topological polar surface area (TPSA) is 35.2 Å². The second-order valence-corrected chi connectivity index (χ2v) is 4.66. The first kappa shape index (κ1) is 12.7. The fourth-order valence-electron chi connectivity index (χ4n) is 2.62. The minimum absolute atomic E-state index is 0.0284. The molecule has 0 bridgehead atoms. The molecular formula is C13H25NO. The Morgan fingerprint density at radius 3 is 2.60 bits per heavy atom. The number of rotatable bonds is 6. The third kappa shape index (κ3) is 3.32. The molecule has 0 aromatic heterocycles. The van der Waals surface area contributed by atoms with Crippen molar-refractivity contribution in [3.63, 3.8) is 0 Å². The Labute approximate surface area is 93.9 Å². The van der Waals surface area contributed by atoms with Crippen LogP contribution in [0.5, 0.6) is 0 Å². The number of ether oxygens (including phenoxy) is 1. The van der Waals surface area contributed by atoms with Gasteiger partial charge >= 0.3 is 0 Å². The minimum atomic E-state index is -0.0284. The van der Waals surface area contributed by atoms with E-state index in [2.05, 4.69) is 6.58 Å². The van der Waals surface area contributed by atoms with Crippen LogP contribution in [0.25, 0.3) is 0 Å². The summed E-state index contributed by atoms with van der Waals surface area (Å²) in [6.07, 6.45) is 11.4. The molecule has 0 radical (unpaired) electrons. The second kappa shape index (κ2) is 6.29. The highest BCUT2D eigenvalue weighted by Gasteiger charge is 2.37. The molecule has 1 aliphatic carbocycles. The molecule has 1 aliphatic rings. The van der Waals surface area contributed by atoms with Gasteiger partial charge in [-0.1, -0.05) is 25.3 Å². The number of unbranched alkanes of at least 4 members (excludes halogenated alkanes) is 1. The fraction of sp³-hybridized carbons (Fsp3) is 0.846. The average Bonchev–Trinajstić information content (AvgIpc) is 2.30. The quantitative estimate of drug-likeness (QED) is 0.541. The summed E-state index contributed by atoms with van der Waals surface area (Å²) in [5.41, 5.74) is 6.25. The lowest BCUT2D eigenvalue weighted by atomic mass is 9.78. The molecule has 0 spiro atoms. The Bertz CT molecular complexity index is 185. The lowest BCUT2D eigenvalue weighted by molar-refractivity contribution is -0.0603. The zero-order chi connectivity index (χ0) is 11.1. The highest BCUT2D eigenvalue weighted by molar-refractivity contribution is 4.93. The first-order valence-corrected chi connectivity index (χ1v) is 6.17. The van der Waals surface area contributed by atoms with Crippen LogP contribution in [-0.4, -0.2) is 18.8 Å². The van der Waals surface area contributed by atoms with Gasteiger partial charge in [0, 0.05) is 13.2 Å². The molecule has 1 saturated carbocycles. The van der Waals surface area contributed by atoms with Gasteiger partial charge in [-0.2, -0.15) is 0 Å². The van der Waals surface area contributed by atoms with E-state index in [4.69, 9.17) is 10.5 Å². The van der Waals surface area contributed by atoms with Gasteiger partial charge in [-0.05, 0) is 32.1 Å². The largest absolute Gasteiger partial charge is 0.377 e.